The topological polar surface area (TPSA) is 68.0 Å². The van der Waals surface area contributed by atoms with Gasteiger partial charge in [-0.25, -0.2) is 5.01 Å². The number of non-ortho nitro benzene ring substituents is 1. The summed E-state index contributed by atoms with van der Waals surface area (Å²) in [5.41, 5.74) is 3.89. The Hall–Kier alpha value is -4.19. The molecule has 0 aliphatic carbocycles. The van der Waals surface area contributed by atoms with E-state index in [2.05, 4.69) is 36.4 Å². The van der Waals surface area contributed by atoms with Gasteiger partial charge in [-0.2, -0.15) is 5.10 Å². The summed E-state index contributed by atoms with van der Waals surface area (Å²) in [5, 5.41) is 20.6. The van der Waals surface area contributed by atoms with Gasteiger partial charge in [-0.05, 0) is 28.5 Å². The zero-order valence-corrected chi connectivity index (χ0v) is 17.1. The third kappa shape index (κ3) is 3.00. The van der Waals surface area contributed by atoms with E-state index in [1.54, 1.807) is 12.1 Å². The van der Waals surface area contributed by atoms with E-state index in [1.807, 2.05) is 41.4 Å². The standard InChI is InChI=1S/C26H19N3O3/c30-29(31)21-9-5-8-20(15-21)26-28-24(22-10-3-4-11-25(22)32-26)16-23(27-28)19-13-12-17-6-1-2-7-18(17)14-19/h1-15,24,26H,16H2. The van der Waals surface area contributed by atoms with Crippen molar-refractivity contribution in [2.75, 3.05) is 0 Å². The molecule has 2 unspecified atom stereocenters. The molecule has 0 saturated carbocycles. The minimum Gasteiger partial charge on any atom is -0.464 e. The van der Waals surface area contributed by atoms with E-state index in [-0.39, 0.29) is 16.7 Å². The number of hydrogen-bond acceptors (Lipinski definition) is 5. The first-order chi connectivity index (χ1) is 15.7. The Kier molecular flexibility index (Phi) is 4.18. The van der Waals surface area contributed by atoms with E-state index < -0.39 is 6.23 Å². The molecule has 2 aliphatic rings. The molecule has 0 aromatic heterocycles. The first-order valence-electron chi connectivity index (χ1n) is 10.5. The summed E-state index contributed by atoms with van der Waals surface area (Å²) < 4.78 is 6.32. The van der Waals surface area contributed by atoms with Gasteiger partial charge in [0.05, 0.1) is 16.7 Å². The van der Waals surface area contributed by atoms with E-state index in [4.69, 9.17) is 9.84 Å². The Labute approximate surface area is 184 Å². The van der Waals surface area contributed by atoms with Crippen LogP contribution in [0.3, 0.4) is 0 Å². The van der Waals surface area contributed by atoms with Gasteiger partial charge < -0.3 is 4.74 Å². The molecule has 0 spiro atoms. The highest BCUT2D eigenvalue weighted by Gasteiger charge is 2.41. The molecule has 4 aromatic rings. The predicted molar refractivity (Wildman–Crippen MR) is 123 cm³/mol. The average Bonchev–Trinajstić information content (AvgIpc) is 3.29. The molecule has 0 N–H and O–H groups in total. The van der Waals surface area contributed by atoms with Gasteiger partial charge in [0.2, 0.25) is 6.23 Å². The summed E-state index contributed by atoms with van der Waals surface area (Å²) in [6.07, 6.45) is 0.206. The third-order valence-electron chi connectivity index (χ3n) is 6.15. The molecule has 6 nitrogen and oxygen atoms in total. The van der Waals surface area contributed by atoms with Gasteiger partial charge >= 0.3 is 0 Å². The molecular formula is C26H19N3O3. The van der Waals surface area contributed by atoms with Crippen LogP contribution in [0.25, 0.3) is 10.8 Å². The zero-order valence-electron chi connectivity index (χ0n) is 17.1. The maximum atomic E-state index is 11.3. The van der Waals surface area contributed by atoms with E-state index in [0.29, 0.717) is 5.56 Å². The van der Waals surface area contributed by atoms with Crippen molar-refractivity contribution < 1.29 is 9.66 Å². The Morgan fingerprint density at radius 2 is 1.72 bits per heavy atom. The molecule has 2 heterocycles. The smallest absolute Gasteiger partial charge is 0.269 e. The summed E-state index contributed by atoms with van der Waals surface area (Å²) in [6.45, 7) is 0. The SMILES string of the molecule is O=[N+]([O-])c1cccc(C2Oc3ccccc3C3CC(c4ccc5ccccc5c4)=NN32)c1. The van der Waals surface area contributed by atoms with Crippen LogP contribution in [0.15, 0.2) is 96.1 Å². The second-order valence-corrected chi connectivity index (χ2v) is 8.07. The molecule has 32 heavy (non-hydrogen) atoms. The van der Waals surface area contributed by atoms with Gasteiger partial charge in [0, 0.05) is 29.7 Å². The number of hydrogen-bond donors (Lipinski definition) is 0. The Bertz CT molecular complexity index is 1400. The van der Waals surface area contributed by atoms with Gasteiger partial charge in [0.1, 0.15) is 5.75 Å². The number of nitro groups is 1. The minimum absolute atomic E-state index is 0.00526. The number of rotatable bonds is 3. The van der Waals surface area contributed by atoms with E-state index in [1.165, 1.54) is 16.8 Å². The molecule has 6 rings (SSSR count). The molecule has 2 aliphatic heterocycles. The molecule has 6 heteroatoms. The molecule has 0 saturated heterocycles. The number of para-hydroxylation sites is 1. The highest BCUT2D eigenvalue weighted by molar-refractivity contribution is 6.04. The van der Waals surface area contributed by atoms with Crippen molar-refractivity contribution in [1.82, 2.24) is 5.01 Å². The fourth-order valence-corrected chi connectivity index (χ4v) is 4.59. The summed E-state index contributed by atoms with van der Waals surface area (Å²) in [5.74, 6) is 0.792. The number of hydrazone groups is 1. The van der Waals surface area contributed by atoms with Crippen LogP contribution >= 0.6 is 0 Å². The molecule has 156 valence electrons. The van der Waals surface area contributed by atoms with Crippen molar-refractivity contribution in [2.45, 2.75) is 18.7 Å². The van der Waals surface area contributed by atoms with Gasteiger partial charge in [-0.3, -0.25) is 10.1 Å². The quantitative estimate of drug-likeness (QED) is 0.301. The monoisotopic (exact) mass is 421 g/mol. The van der Waals surface area contributed by atoms with Crippen molar-refractivity contribution in [3.8, 4) is 5.75 Å². The van der Waals surface area contributed by atoms with Crippen LogP contribution in [0.1, 0.15) is 35.4 Å². The van der Waals surface area contributed by atoms with E-state index in [9.17, 15) is 10.1 Å². The summed E-state index contributed by atoms with van der Waals surface area (Å²) in [4.78, 5) is 10.9. The van der Waals surface area contributed by atoms with Gasteiger partial charge in [0.15, 0.2) is 0 Å². The third-order valence-corrected chi connectivity index (χ3v) is 6.15. The number of nitrogens with zero attached hydrogens (tertiary/aromatic N) is 3. The Morgan fingerprint density at radius 3 is 2.59 bits per heavy atom. The molecule has 0 radical (unpaired) electrons. The predicted octanol–water partition coefficient (Wildman–Crippen LogP) is 5.99. The van der Waals surface area contributed by atoms with Crippen LogP contribution in [0.4, 0.5) is 5.69 Å². The first-order valence-corrected chi connectivity index (χ1v) is 10.5. The Morgan fingerprint density at radius 1 is 0.906 bits per heavy atom. The average molecular weight is 421 g/mol. The van der Waals surface area contributed by atoms with Crippen LogP contribution in [-0.2, 0) is 0 Å². The van der Waals surface area contributed by atoms with E-state index in [0.717, 1.165) is 29.0 Å². The highest BCUT2D eigenvalue weighted by atomic mass is 16.6. The number of benzene rings is 4. The second-order valence-electron chi connectivity index (χ2n) is 8.07. The fourth-order valence-electron chi connectivity index (χ4n) is 4.59. The van der Waals surface area contributed by atoms with Crippen LogP contribution in [-0.4, -0.2) is 15.6 Å². The lowest BCUT2D eigenvalue weighted by Crippen LogP contribution is -2.33. The minimum atomic E-state index is -0.534. The molecule has 0 fully saturated rings. The van der Waals surface area contributed by atoms with Gasteiger partial charge in [0.25, 0.3) is 5.69 Å². The molecule has 0 amide bonds. The Balaban J connectivity index is 1.45. The second kappa shape index (κ2) is 7.20. The molecular weight excluding hydrogens is 402 g/mol. The van der Waals surface area contributed by atoms with Crippen molar-refractivity contribution in [3.05, 3.63) is 118 Å². The fraction of sp³-hybridized carbons (Fsp3) is 0.115. The molecule has 4 aromatic carbocycles. The van der Waals surface area contributed by atoms with Crippen LogP contribution < -0.4 is 4.74 Å². The van der Waals surface area contributed by atoms with Gasteiger partial charge in [-0.1, -0.05) is 66.7 Å². The van der Waals surface area contributed by atoms with Crippen LogP contribution in [0, 0.1) is 10.1 Å². The lowest BCUT2D eigenvalue weighted by molar-refractivity contribution is -0.385. The maximum Gasteiger partial charge on any atom is 0.269 e. The summed E-state index contributed by atoms with van der Waals surface area (Å²) in [7, 11) is 0. The lowest BCUT2D eigenvalue weighted by atomic mass is 9.95. The molecule has 2 atom stereocenters. The summed E-state index contributed by atoms with van der Waals surface area (Å²) >= 11 is 0. The van der Waals surface area contributed by atoms with Crippen molar-refractivity contribution in [1.29, 1.82) is 0 Å². The number of ether oxygens (including phenoxy) is 1. The van der Waals surface area contributed by atoms with Crippen LogP contribution in [0.2, 0.25) is 0 Å². The van der Waals surface area contributed by atoms with Crippen molar-refractivity contribution >= 4 is 22.2 Å². The van der Waals surface area contributed by atoms with E-state index >= 15 is 0 Å². The van der Waals surface area contributed by atoms with Crippen molar-refractivity contribution in [2.24, 2.45) is 5.10 Å². The molecule has 0 bridgehead atoms. The van der Waals surface area contributed by atoms with Crippen LogP contribution in [0.5, 0.6) is 5.75 Å². The maximum absolute atomic E-state index is 11.3. The lowest BCUT2D eigenvalue weighted by Gasteiger charge is -2.38. The first kappa shape index (κ1) is 18.6. The van der Waals surface area contributed by atoms with Gasteiger partial charge in [-0.15, -0.1) is 0 Å². The van der Waals surface area contributed by atoms with Crippen molar-refractivity contribution in [3.63, 3.8) is 0 Å². The summed E-state index contributed by atoms with van der Waals surface area (Å²) in [6, 6.07) is 29.2. The zero-order chi connectivity index (χ0) is 21.7. The highest BCUT2D eigenvalue weighted by Crippen LogP contribution is 2.47. The normalized spacial score (nSPS) is 19.1. The largest absolute Gasteiger partial charge is 0.464 e. The number of nitro benzene ring substituents is 1. The number of fused-ring (bicyclic) bond motifs is 4.